The highest BCUT2D eigenvalue weighted by atomic mass is 16.6. The molecule has 1 aliphatic heterocycles. The highest BCUT2D eigenvalue weighted by Gasteiger charge is 2.31. The van der Waals surface area contributed by atoms with Gasteiger partial charge in [0.1, 0.15) is 0 Å². The summed E-state index contributed by atoms with van der Waals surface area (Å²) in [6.45, 7) is 13.4. The first-order chi connectivity index (χ1) is 20.6. The minimum absolute atomic E-state index is 0.0341. The molecule has 1 saturated heterocycles. The number of rotatable bonds is 7. The van der Waals surface area contributed by atoms with Gasteiger partial charge in [-0.05, 0) is 53.2 Å². The summed E-state index contributed by atoms with van der Waals surface area (Å²) >= 11 is 0. The summed E-state index contributed by atoms with van der Waals surface area (Å²) in [6, 6.07) is 7.13. The number of anilines is 1. The lowest BCUT2D eigenvalue weighted by Crippen LogP contribution is -2.49. The van der Waals surface area contributed by atoms with Crippen molar-refractivity contribution in [3.8, 4) is 5.69 Å². The van der Waals surface area contributed by atoms with Crippen LogP contribution in [-0.2, 0) is 32.5 Å². The lowest BCUT2D eigenvalue weighted by molar-refractivity contribution is -0.157. The third kappa shape index (κ3) is 6.24. The number of para-hydroxylation sites is 1. The number of carbonyl (C=O) groups excluding carboxylic acids is 2. The highest BCUT2D eigenvalue weighted by molar-refractivity contribution is 5.80. The summed E-state index contributed by atoms with van der Waals surface area (Å²) in [5, 5.41) is 9.46. The van der Waals surface area contributed by atoms with E-state index in [4.69, 9.17) is 14.5 Å². The molecule has 1 N–H and O–H groups in total. The largest absolute Gasteiger partial charge is 0.465 e. The number of carbonyl (C=O) groups is 3. The van der Waals surface area contributed by atoms with Crippen molar-refractivity contribution >= 4 is 41.2 Å². The Morgan fingerprint density at radius 2 is 1.45 bits per heavy atom. The number of amides is 1. The molecule has 3 aromatic rings. The van der Waals surface area contributed by atoms with Gasteiger partial charge in [-0.3, -0.25) is 19.0 Å². The van der Waals surface area contributed by atoms with Crippen LogP contribution < -0.4 is 16.1 Å². The van der Waals surface area contributed by atoms with E-state index in [1.807, 2.05) is 4.90 Å². The van der Waals surface area contributed by atoms with Gasteiger partial charge in [0.25, 0.3) is 5.56 Å². The van der Waals surface area contributed by atoms with Crippen LogP contribution in [0.5, 0.6) is 0 Å². The van der Waals surface area contributed by atoms with Crippen molar-refractivity contribution in [3.63, 3.8) is 0 Å². The van der Waals surface area contributed by atoms with Gasteiger partial charge in [-0.2, -0.15) is 4.98 Å². The lowest BCUT2D eigenvalue weighted by Gasteiger charge is -2.34. The van der Waals surface area contributed by atoms with Gasteiger partial charge >= 0.3 is 23.7 Å². The van der Waals surface area contributed by atoms with Gasteiger partial charge in [-0.1, -0.05) is 30.9 Å². The van der Waals surface area contributed by atoms with Crippen molar-refractivity contribution in [2.24, 2.45) is 10.8 Å². The van der Waals surface area contributed by atoms with Gasteiger partial charge in [-0.25, -0.2) is 18.7 Å². The van der Waals surface area contributed by atoms with Crippen LogP contribution in [0.25, 0.3) is 22.9 Å². The van der Waals surface area contributed by atoms with Gasteiger partial charge in [0, 0.05) is 26.2 Å². The third-order valence-electron chi connectivity index (χ3n) is 7.11. The van der Waals surface area contributed by atoms with Crippen LogP contribution in [-0.4, -0.2) is 72.9 Å². The first kappa shape index (κ1) is 32.0. The van der Waals surface area contributed by atoms with Crippen LogP contribution in [0.1, 0.15) is 47.1 Å². The summed E-state index contributed by atoms with van der Waals surface area (Å²) in [5.74, 6) is -0.941. The molecular weight excluding hydrogens is 572 g/mol. The Bertz CT molecular complexity index is 1730. The second kappa shape index (κ2) is 12.0. The van der Waals surface area contributed by atoms with Gasteiger partial charge in [0.05, 0.1) is 16.5 Å². The van der Waals surface area contributed by atoms with Gasteiger partial charge in [0.2, 0.25) is 5.95 Å². The smallest absolute Gasteiger partial charge is 0.407 e. The molecule has 0 saturated carbocycles. The molecule has 14 nitrogen and oxygen atoms in total. The zero-order valence-electron chi connectivity index (χ0n) is 25.8. The number of hydrogen-bond donors (Lipinski definition) is 1. The molecule has 1 aliphatic rings. The highest BCUT2D eigenvalue weighted by Crippen LogP contribution is 2.29. The van der Waals surface area contributed by atoms with Crippen LogP contribution in [0.4, 0.5) is 10.7 Å². The van der Waals surface area contributed by atoms with E-state index in [1.165, 1.54) is 4.90 Å². The maximum Gasteiger partial charge on any atom is 0.407 e. The first-order valence-corrected chi connectivity index (χ1v) is 14.1. The summed E-state index contributed by atoms with van der Waals surface area (Å²) < 4.78 is 14.3. The molecule has 14 heteroatoms. The van der Waals surface area contributed by atoms with Crippen molar-refractivity contribution in [1.29, 1.82) is 0 Å². The fourth-order valence-corrected chi connectivity index (χ4v) is 4.54. The number of fused-ring (bicyclic) bond motifs is 1. The number of aromatic nitrogens is 4. The van der Waals surface area contributed by atoms with E-state index in [0.717, 1.165) is 9.13 Å². The normalized spacial score (nSPS) is 14.0. The molecule has 0 unspecified atom stereocenters. The molecule has 3 heterocycles. The minimum Gasteiger partial charge on any atom is -0.465 e. The van der Waals surface area contributed by atoms with E-state index >= 15 is 0 Å². The van der Waals surface area contributed by atoms with Crippen molar-refractivity contribution < 1.29 is 29.0 Å². The molecule has 0 spiro atoms. The molecular formula is C30H38N6O8. The SMILES string of the molecule is C=Cc1ccccc1-n1c(N2CCN(C(=O)O)CC2)nc2c1c(=O)n(COC(=O)C(C)(C)C)c(=O)n2COC(=O)C(C)(C)C. The fraction of sp³-hybridized carbons (Fsp3) is 0.467. The van der Waals surface area contributed by atoms with E-state index in [1.54, 1.807) is 76.5 Å². The van der Waals surface area contributed by atoms with E-state index in [2.05, 4.69) is 6.58 Å². The van der Waals surface area contributed by atoms with Gasteiger partial charge in [-0.15, -0.1) is 0 Å². The molecule has 0 aliphatic carbocycles. The van der Waals surface area contributed by atoms with E-state index in [0.29, 0.717) is 11.3 Å². The Hall–Kier alpha value is -4.88. The molecule has 44 heavy (non-hydrogen) atoms. The predicted octanol–water partition coefficient (Wildman–Crippen LogP) is 2.89. The Kier molecular flexibility index (Phi) is 8.75. The average molecular weight is 611 g/mol. The molecule has 0 atom stereocenters. The van der Waals surface area contributed by atoms with Crippen LogP contribution in [0.3, 0.4) is 0 Å². The van der Waals surface area contributed by atoms with Crippen LogP contribution >= 0.6 is 0 Å². The van der Waals surface area contributed by atoms with E-state index < -0.39 is 53.6 Å². The summed E-state index contributed by atoms with van der Waals surface area (Å²) in [7, 11) is 0. The lowest BCUT2D eigenvalue weighted by atomic mass is 9.97. The second-order valence-corrected chi connectivity index (χ2v) is 12.5. The molecule has 1 amide bonds. The molecule has 0 radical (unpaired) electrons. The zero-order chi connectivity index (χ0) is 32.6. The van der Waals surface area contributed by atoms with Crippen molar-refractivity contribution in [3.05, 3.63) is 57.2 Å². The van der Waals surface area contributed by atoms with Crippen LogP contribution in [0, 0.1) is 10.8 Å². The number of ether oxygens (including phenoxy) is 2. The Balaban J connectivity index is 2.01. The summed E-state index contributed by atoms with van der Waals surface area (Å²) in [5.41, 5.74) is -2.38. The monoisotopic (exact) mass is 610 g/mol. The Labute approximate surface area is 253 Å². The fourth-order valence-electron chi connectivity index (χ4n) is 4.54. The van der Waals surface area contributed by atoms with Crippen molar-refractivity contribution in [1.82, 2.24) is 23.6 Å². The summed E-state index contributed by atoms with van der Waals surface area (Å²) in [4.78, 5) is 72.6. The number of nitrogens with zero attached hydrogens (tertiary/aromatic N) is 6. The molecule has 1 aromatic carbocycles. The molecule has 1 fully saturated rings. The number of carboxylic acid groups (broad SMARTS) is 1. The Morgan fingerprint density at radius 1 is 0.909 bits per heavy atom. The average Bonchev–Trinajstić information content (AvgIpc) is 3.36. The van der Waals surface area contributed by atoms with Crippen molar-refractivity contribution in [2.75, 3.05) is 31.1 Å². The first-order valence-electron chi connectivity index (χ1n) is 14.1. The molecule has 236 valence electrons. The number of imidazole rings is 1. The van der Waals surface area contributed by atoms with Gasteiger partial charge < -0.3 is 24.4 Å². The minimum atomic E-state index is -1.04. The molecule has 2 aromatic heterocycles. The van der Waals surface area contributed by atoms with Crippen LogP contribution in [0.2, 0.25) is 0 Å². The standard InChI is InChI=1S/C30H38N6O8/c1-8-19-11-9-10-12-20(19)36-21-22(31-26(36)32-13-15-33(16-14-32)28(41)42)34(17-43-24(38)29(2,3)4)27(40)35(23(21)37)18-44-25(39)30(5,6)7/h8-12H,1,13-18H2,2-7H3,(H,41,42). The number of piperazine rings is 1. The second-order valence-electron chi connectivity index (χ2n) is 12.5. The maximum atomic E-state index is 14.2. The topological polar surface area (TPSA) is 158 Å². The number of benzene rings is 1. The summed E-state index contributed by atoms with van der Waals surface area (Å²) in [6.07, 6.45) is 0.565. The van der Waals surface area contributed by atoms with E-state index in [9.17, 15) is 29.1 Å². The Morgan fingerprint density at radius 3 is 1.98 bits per heavy atom. The quantitative estimate of drug-likeness (QED) is 0.394. The molecule has 4 rings (SSSR count). The number of hydrogen-bond acceptors (Lipinski definition) is 9. The molecule has 0 bridgehead atoms. The van der Waals surface area contributed by atoms with E-state index in [-0.39, 0.29) is 43.3 Å². The third-order valence-corrected chi connectivity index (χ3v) is 7.11. The zero-order valence-corrected chi connectivity index (χ0v) is 25.8. The van der Waals surface area contributed by atoms with Crippen LogP contribution in [0.15, 0.2) is 40.4 Å². The van der Waals surface area contributed by atoms with Crippen molar-refractivity contribution in [2.45, 2.75) is 55.0 Å². The number of esters is 2. The van der Waals surface area contributed by atoms with Gasteiger partial charge in [0.15, 0.2) is 24.6 Å². The predicted molar refractivity (Wildman–Crippen MR) is 163 cm³/mol. The maximum absolute atomic E-state index is 14.2.